The van der Waals surface area contributed by atoms with Crippen molar-refractivity contribution >= 4 is 40.6 Å². The van der Waals surface area contributed by atoms with Crippen LogP contribution in [-0.4, -0.2) is 14.1 Å². The van der Waals surface area contributed by atoms with Gasteiger partial charge in [0.2, 0.25) is 0 Å². The molecule has 1 heterocycles. The predicted octanol–water partition coefficient (Wildman–Crippen LogP) is 3.05. The van der Waals surface area contributed by atoms with Crippen molar-refractivity contribution in [2.45, 2.75) is 27.7 Å². The van der Waals surface area contributed by atoms with E-state index in [1.54, 1.807) is 0 Å². The number of nitrogens with zero attached hydrogens (tertiary/aromatic N) is 1. The van der Waals surface area contributed by atoms with Crippen LogP contribution in [0.1, 0.15) is 27.7 Å². The molecule has 1 aromatic heterocycles. The van der Waals surface area contributed by atoms with Gasteiger partial charge >= 0.3 is 0 Å². The molecule has 0 fully saturated rings. The number of nitrogens with two attached hydrogens (primary N) is 1. The van der Waals surface area contributed by atoms with Gasteiger partial charge in [-0.1, -0.05) is 45.9 Å². The van der Waals surface area contributed by atoms with Crippen LogP contribution in [0.3, 0.4) is 0 Å². The first-order valence-corrected chi connectivity index (χ1v) is 6.91. The summed E-state index contributed by atoms with van der Waals surface area (Å²) in [5, 5.41) is 3.83. The number of nitrogens with one attached hydrogen (secondary N) is 1. The van der Waals surface area contributed by atoms with Crippen LogP contribution in [0.4, 0.5) is 16.6 Å². The van der Waals surface area contributed by atoms with Crippen LogP contribution in [0, 0.1) is 0 Å². The zero-order valence-corrected chi connectivity index (χ0v) is 12.2. The zero-order chi connectivity index (χ0) is 14.7. The molecule has 1 aromatic carbocycles. The summed E-state index contributed by atoms with van der Waals surface area (Å²) in [5.41, 5.74) is 6.57. The quantitative estimate of drug-likeness (QED) is 0.837. The third-order valence-electron chi connectivity index (χ3n) is 1.71. The first-order chi connectivity index (χ1) is 9.29. The monoisotopic (exact) mass is 263 g/mol. The molecule has 1 radical (unpaired) electrons. The van der Waals surface area contributed by atoms with Crippen molar-refractivity contribution in [2.75, 3.05) is 11.1 Å². The molecule has 2 rings (SSSR count). The lowest BCUT2D eigenvalue weighted by atomic mass is 10.1. The summed E-state index contributed by atoms with van der Waals surface area (Å²) in [5.74, 6) is 0.397. The number of nitrogen functional groups attached to an aromatic ring is 1. The van der Waals surface area contributed by atoms with Crippen LogP contribution in [-0.2, 0) is 0 Å². The molecule has 0 unspecified atom stereocenters. The second-order valence-electron chi connectivity index (χ2n) is 2.76. The van der Waals surface area contributed by atoms with E-state index in [1.165, 1.54) is 19.1 Å². The Balaban J connectivity index is 0.000000741. The molecular weight excluding hydrogens is 241 g/mol. The van der Waals surface area contributed by atoms with Crippen molar-refractivity contribution in [3.8, 4) is 0 Å². The van der Waals surface area contributed by atoms with Crippen molar-refractivity contribution in [3.63, 3.8) is 0 Å². The van der Waals surface area contributed by atoms with E-state index < -0.39 is 0 Å². The van der Waals surface area contributed by atoms with E-state index in [9.17, 15) is 0 Å². The molecule has 3 nitrogen and oxygen atoms in total. The topological polar surface area (TPSA) is 50.9 Å². The van der Waals surface area contributed by atoms with Crippen LogP contribution < -0.4 is 15.8 Å². The van der Waals surface area contributed by atoms with Gasteiger partial charge in [-0.2, -0.15) is 0 Å². The van der Waals surface area contributed by atoms with Crippen LogP contribution in [0.5, 0.6) is 0 Å². The van der Waals surface area contributed by atoms with E-state index in [0.717, 1.165) is 5.69 Å². The first kappa shape index (κ1) is 14.6. The molecule has 0 atom stereocenters. The molecule has 2 aromatic rings. The van der Waals surface area contributed by atoms with Crippen molar-refractivity contribution in [1.29, 1.82) is 1.34 Å². The minimum absolute atomic E-state index is 0.397. The van der Waals surface area contributed by atoms with Crippen LogP contribution >= 0.6 is 11.3 Å². The van der Waals surface area contributed by atoms with Gasteiger partial charge in [0.15, 0.2) is 5.13 Å². The Labute approximate surface area is 116 Å². The molecule has 0 aliphatic rings. The molecule has 0 aliphatic heterocycles. The Morgan fingerprint density at radius 1 is 1.22 bits per heavy atom. The van der Waals surface area contributed by atoms with Crippen molar-refractivity contribution < 1.29 is 0 Å². The van der Waals surface area contributed by atoms with Gasteiger partial charge in [-0.15, -0.1) is 11.3 Å². The Morgan fingerprint density at radius 2 is 1.83 bits per heavy atom. The van der Waals surface area contributed by atoms with Gasteiger partial charge in [0.25, 0.3) is 0 Å². The molecule has 0 bridgehead atoms. The average molecular weight is 263 g/mol. The lowest BCUT2D eigenvalue weighted by Gasteiger charge is -1.99. The summed E-state index contributed by atoms with van der Waals surface area (Å²) in [6.07, 6.45) is 0. The average Bonchev–Trinajstić information content (AvgIpc) is 2.84. The number of thiazole rings is 1. The van der Waals surface area contributed by atoms with Gasteiger partial charge in [-0.3, -0.25) is 0 Å². The lowest BCUT2D eigenvalue weighted by molar-refractivity contribution is 1.40. The molecule has 18 heavy (non-hydrogen) atoms. The van der Waals surface area contributed by atoms with Gasteiger partial charge in [-0.25, -0.2) is 4.98 Å². The van der Waals surface area contributed by atoms with Crippen LogP contribution in [0.2, 0.25) is 0 Å². The molecule has 3 N–H and O–H groups in total. The van der Waals surface area contributed by atoms with Crippen LogP contribution in [0.15, 0.2) is 30.3 Å². The fourth-order valence-corrected chi connectivity index (χ4v) is 1.71. The summed E-state index contributed by atoms with van der Waals surface area (Å²) in [6, 6.07) is 9.72. The first-order valence-electron chi connectivity index (χ1n) is 6.67. The van der Waals surface area contributed by atoms with Gasteiger partial charge in [0.05, 0.1) is 0 Å². The molecule has 0 spiro atoms. The third kappa shape index (κ3) is 5.23. The summed E-state index contributed by atoms with van der Waals surface area (Å²) in [6.45, 7) is 8.00. The fraction of sp³-hybridized carbons (Fsp3) is 0.308. The van der Waals surface area contributed by atoms with Crippen LogP contribution in [0.25, 0.3) is 0 Å². The molecular formula is C13H21BN3S. The number of rotatable bonds is 3. The van der Waals surface area contributed by atoms with Crippen molar-refractivity contribution in [1.82, 2.24) is 4.98 Å². The normalized spacial score (nSPS) is 9.00. The summed E-state index contributed by atoms with van der Waals surface area (Å²) < 4.78 is 7.79. The van der Waals surface area contributed by atoms with Gasteiger partial charge < -0.3 is 11.1 Å². The maximum Gasteiger partial charge on any atom is 0.188 e. The van der Waals surface area contributed by atoms with Crippen molar-refractivity contribution in [2.24, 2.45) is 0 Å². The number of aromatic nitrogens is 1. The Hall–Kier alpha value is -1.49. The Bertz CT molecular complexity index is 448. The highest BCUT2D eigenvalue weighted by Crippen LogP contribution is 2.18. The predicted molar refractivity (Wildman–Crippen MR) is 85.7 cm³/mol. The van der Waals surface area contributed by atoms with E-state index in [1.807, 2.05) is 58.0 Å². The summed E-state index contributed by atoms with van der Waals surface area (Å²) >= 11 is 1.36. The van der Waals surface area contributed by atoms with E-state index in [4.69, 9.17) is 7.07 Å². The van der Waals surface area contributed by atoms with E-state index in [-0.39, 0.29) is 0 Å². The highest BCUT2D eigenvalue weighted by Gasteiger charge is 2.02. The third-order valence-corrected chi connectivity index (χ3v) is 2.52. The smallest absolute Gasteiger partial charge is 0.188 e. The van der Waals surface area contributed by atoms with E-state index >= 15 is 0 Å². The number of anilines is 3. The standard InChI is InChI=1S/C9H9BN3S.2C2H6/c10-7-8(11)13-9(14-7)12-6-4-2-1-3-5-6;2*1-2/h1-5,10H,11H2,(H,12,13);2*1-2H3/i10D;;. The highest BCUT2D eigenvalue weighted by molar-refractivity contribution is 7.23. The Kier molecular flexibility index (Phi) is 7.72. The number of hydrogen-bond acceptors (Lipinski definition) is 4. The van der Waals surface area contributed by atoms with E-state index in [2.05, 4.69) is 10.3 Å². The minimum atomic E-state index is 0.397. The summed E-state index contributed by atoms with van der Waals surface area (Å²) in [4.78, 5) is 4.11. The SMILES string of the molecule is CC.CC.[2H][B]c1sc(Nc2ccccc2)nc1N. The molecule has 0 amide bonds. The fourth-order valence-electron chi connectivity index (χ4n) is 1.04. The molecule has 0 saturated carbocycles. The second-order valence-corrected chi connectivity index (χ2v) is 3.79. The van der Waals surface area contributed by atoms with Gasteiger partial charge in [0, 0.05) is 10.5 Å². The number of benzene rings is 1. The van der Waals surface area contributed by atoms with Crippen molar-refractivity contribution in [3.05, 3.63) is 30.3 Å². The number of hydrogen-bond donors (Lipinski definition) is 2. The zero-order valence-electron chi connectivity index (χ0n) is 12.4. The molecule has 0 aliphatic carbocycles. The maximum atomic E-state index is 7.12. The Morgan fingerprint density at radius 3 is 2.33 bits per heavy atom. The lowest BCUT2D eigenvalue weighted by Crippen LogP contribution is -2.02. The number of para-hydroxylation sites is 1. The molecule has 97 valence electrons. The maximum absolute atomic E-state index is 7.12. The highest BCUT2D eigenvalue weighted by atomic mass is 32.1. The van der Waals surface area contributed by atoms with Gasteiger partial charge in [-0.05, 0) is 13.5 Å². The van der Waals surface area contributed by atoms with Gasteiger partial charge in [0.1, 0.15) is 13.6 Å². The minimum Gasteiger partial charge on any atom is -0.383 e. The second kappa shape index (κ2) is 9.54. The molecule has 5 heteroatoms. The molecule has 0 saturated heterocycles. The summed E-state index contributed by atoms with van der Waals surface area (Å²) in [7, 11) is 1.21. The van der Waals surface area contributed by atoms with E-state index in [0.29, 0.717) is 15.7 Å². The largest absolute Gasteiger partial charge is 0.383 e.